The number of allylic oxidation sites excluding steroid dienone is 2. The van der Waals surface area contributed by atoms with Crippen molar-refractivity contribution in [3.63, 3.8) is 0 Å². The number of fused-ring (bicyclic) bond motifs is 2. The first-order chi connectivity index (χ1) is 24.7. The minimum Gasteiger partial charge on any atom is -0.451 e. The molecule has 2 N–H and O–H groups in total. The fourth-order valence-electron chi connectivity index (χ4n) is 6.96. The second-order valence-corrected chi connectivity index (χ2v) is 13.5. The summed E-state index contributed by atoms with van der Waals surface area (Å²) in [4.78, 5) is 17.5. The molecule has 6 heterocycles. The van der Waals surface area contributed by atoms with Crippen molar-refractivity contribution in [2.75, 3.05) is 0 Å². The monoisotopic (exact) mass is 692 g/mol. The van der Waals surface area contributed by atoms with Gasteiger partial charge in [0.25, 0.3) is 0 Å². The molecule has 10 rings (SSSR count). The molecule has 50 heavy (non-hydrogen) atoms. The SMILES string of the molecule is C1=CC(c2ccccc2)(c2cscn2)Cc2[nH]nc(-c3cnco3)c21.C1=CC(c2ccccc2)(c2cscn2)Cc2[nH]nc(-c3cocn3)c21. The Balaban J connectivity index is 0.000000135. The van der Waals surface area contributed by atoms with Crippen molar-refractivity contribution in [2.45, 2.75) is 23.7 Å². The van der Waals surface area contributed by atoms with Gasteiger partial charge in [0, 0.05) is 46.1 Å². The van der Waals surface area contributed by atoms with Crippen LogP contribution in [0.25, 0.3) is 35.0 Å². The van der Waals surface area contributed by atoms with Crippen LogP contribution in [0.1, 0.15) is 45.0 Å². The third kappa shape index (κ3) is 5.08. The lowest BCUT2D eigenvalue weighted by Crippen LogP contribution is -2.30. The third-order valence-corrected chi connectivity index (χ3v) is 10.6. The number of aromatic nitrogens is 8. The number of hydrogen-bond acceptors (Lipinski definition) is 10. The smallest absolute Gasteiger partial charge is 0.181 e. The van der Waals surface area contributed by atoms with Crippen molar-refractivity contribution in [2.24, 2.45) is 0 Å². The summed E-state index contributed by atoms with van der Waals surface area (Å²) in [5.74, 6) is 0.669. The number of H-pyrrole nitrogens is 2. The number of rotatable bonds is 6. The van der Waals surface area contributed by atoms with Crippen LogP contribution in [0.5, 0.6) is 0 Å². The van der Waals surface area contributed by atoms with Gasteiger partial charge in [0.2, 0.25) is 0 Å². The Morgan fingerprint density at radius 3 is 1.74 bits per heavy atom. The fraction of sp³-hybridized carbons (Fsp3) is 0.105. The maximum Gasteiger partial charge on any atom is 0.181 e. The molecule has 2 atom stereocenters. The standard InChI is InChI=1S/2C19H14N4OS/c1-2-4-13(5-3-1)19(17-10-25-12-21-17)7-6-14-15(8-19)22-23-18(14)16-9-24-11-20-16;1-2-4-13(5-3-1)19(17-10-25-12-21-17)7-6-14-15(8-19)22-23-18(14)16-9-20-11-24-16/h2*1-7,9-12H,8H2,(H,22,23). The van der Waals surface area contributed by atoms with Crippen LogP contribution in [0.2, 0.25) is 0 Å². The number of aromatic amines is 2. The molecular formula is C38H28N8O2S2. The molecule has 6 aromatic heterocycles. The van der Waals surface area contributed by atoms with Gasteiger partial charge < -0.3 is 8.83 Å². The number of thiazole rings is 2. The predicted octanol–water partition coefficient (Wildman–Crippen LogP) is 8.15. The van der Waals surface area contributed by atoms with Crippen molar-refractivity contribution < 1.29 is 8.83 Å². The largest absolute Gasteiger partial charge is 0.451 e. The fourth-order valence-corrected chi connectivity index (χ4v) is 8.23. The van der Waals surface area contributed by atoms with Crippen LogP contribution in [0.3, 0.4) is 0 Å². The molecule has 0 bridgehead atoms. The van der Waals surface area contributed by atoms with Crippen molar-refractivity contribution in [3.05, 3.63) is 165 Å². The van der Waals surface area contributed by atoms with Crippen LogP contribution in [0.4, 0.5) is 0 Å². The zero-order valence-corrected chi connectivity index (χ0v) is 28.1. The van der Waals surface area contributed by atoms with Crippen LogP contribution in [-0.2, 0) is 23.7 Å². The Labute approximate surface area is 294 Å². The summed E-state index contributed by atoms with van der Waals surface area (Å²) in [6, 6.07) is 21.0. The molecule has 0 amide bonds. The Bertz CT molecular complexity index is 2210. The van der Waals surface area contributed by atoms with Crippen LogP contribution in [-0.4, -0.2) is 40.3 Å². The minimum atomic E-state index is -0.292. The molecule has 12 heteroatoms. The van der Waals surface area contributed by atoms with E-state index < -0.39 is 0 Å². The van der Waals surface area contributed by atoms with Crippen molar-refractivity contribution in [1.82, 2.24) is 40.3 Å². The first-order valence-corrected chi connectivity index (χ1v) is 17.8. The molecule has 0 saturated carbocycles. The average Bonchev–Trinajstić information content (AvgIpc) is 4.02. The zero-order chi connectivity index (χ0) is 33.4. The molecule has 2 aliphatic rings. The second kappa shape index (κ2) is 12.5. The normalized spacial score (nSPS) is 19.0. The molecule has 0 aliphatic heterocycles. The van der Waals surface area contributed by atoms with E-state index in [4.69, 9.17) is 8.83 Å². The highest BCUT2D eigenvalue weighted by Crippen LogP contribution is 2.44. The quantitative estimate of drug-likeness (QED) is 0.178. The van der Waals surface area contributed by atoms with E-state index in [2.05, 4.69) is 124 Å². The maximum atomic E-state index is 5.41. The topological polar surface area (TPSA) is 135 Å². The average molecular weight is 693 g/mol. The van der Waals surface area contributed by atoms with Crippen molar-refractivity contribution in [1.29, 1.82) is 0 Å². The summed E-state index contributed by atoms with van der Waals surface area (Å²) in [6.45, 7) is 0. The van der Waals surface area contributed by atoms with E-state index in [0.717, 1.165) is 63.8 Å². The van der Waals surface area contributed by atoms with Gasteiger partial charge >= 0.3 is 0 Å². The van der Waals surface area contributed by atoms with Gasteiger partial charge in [0.1, 0.15) is 23.3 Å². The molecule has 2 unspecified atom stereocenters. The third-order valence-electron chi connectivity index (χ3n) is 9.44. The van der Waals surface area contributed by atoms with Gasteiger partial charge in [-0.2, -0.15) is 10.2 Å². The lowest BCUT2D eigenvalue weighted by Gasteiger charge is -2.32. The Hall–Kier alpha value is -5.98. The highest BCUT2D eigenvalue weighted by molar-refractivity contribution is 7.07. The molecular weight excluding hydrogens is 665 g/mol. The number of nitrogens with zero attached hydrogens (tertiary/aromatic N) is 6. The maximum absolute atomic E-state index is 5.41. The van der Waals surface area contributed by atoms with Gasteiger partial charge in [0.15, 0.2) is 18.5 Å². The Kier molecular flexibility index (Phi) is 7.51. The molecule has 0 fully saturated rings. The molecule has 10 nitrogen and oxygen atoms in total. The second-order valence-electron chi connectivity index (χ2n) is 12.1. The van der Waals surface area contributed by atoms with Crippen LogP contribution in [0, 0.1) is 0 Å². The summed E-state index contributed by atoms with van der Waals surface area (Å²) in [5.41, 5.74) is 14.4. The minimum absolute atomic E-state index is 0.290. The highest BCUT2D eigenvalue weighted by atomic mass is 32.1. The van der Waals surface area contributed by atoms with Gasteiger partial charge in [-0.15, -0.1) is 22.7 Å². The number of oxazole rings is 2. The van der Waals surface area contributed by atoms with Gasteiger partial charge in [-0.05, 0) is 11.1 Å². The molecule has 0 spiro atoms. The number of hydrogen-bond donors (Lipinski definition) is 2. The van der Waals surface area contributed by atoms with E-state index in [1.165, 1.54) is 23.9 Å². The van der Waals surface area contributed by atoms with Crippen molar-refractivity contribution >= 4 is 34.8 Å². The van der Waals surface area contributed by atoms with Crippen molar-refractivity contribution in [3.8, 4) is 22.8 Å². The van der Waals surface area contributed by atoms with Gasteiger partial charge in [-0.1, -0.05) is 85.0 Å². The zero-order valence-electron chi connectivity index (χ0n) is 26.4. The summed E-state index contributed by atoms with van der Waals surface area (Å²) in [6.07, 6.45) is 16.4. The molecule has 244 valence electrons. The predicted molar refractivity (Wildman–Crippen MR) is 192 cm³/mol. The van der Waals surface area contributed by atoms with Crippen LogP contribution < -0.4 is 0 Å². The van der Waals surface area contributed by atoms with E-state index in [1.807, 2.05) is 23.2 Å². The molecule has 0 saturated heterocycles. The van der Waals surface area contributed by atoms with Crippen LogP contribution >= 0.6 is 22.7 Å². The molecule has 2 aromatic carbocycles. The van der Waals surface area contributed by atoms with E-state index in [0.29, 0.717) is 5.76 Å². The Morgan fingerprint density at radius 1 is 0.660 bits per heavy atom. The first-order valence-electron chi connectivity index (χ1n) is 15.9. The van der Waals surface area contributed by atoms with Gasteiger partial charge in [0.05, 0.1) is 39.4 Å². The van der Waals surface area contributed by atoms with E-state index in [9.17, 15) is 0 Å². The van der Waals surface area contributed by atoms with Crippen LogP contribution in [0.15, 0.2) is 129 Å². The number of benzene rings is 2. The highest BCUT2D eigenvalue weighted by Gasteiger charge is 2.39. The first kappa shape index (κ1) is 30.1. The molecule has 0 radical (unpaired) electrons. The summed E-state index contributed by atoms with van der Waals surface area (Å²) >= 11 is 3.23. The molecule has 2 aliphatic carbocycles. The summed E-state index contributed by atoms with van der Waals surface area (Å²) < 4.78 is 10.5. The van der Waals surface area contributed by atoms with E-state index >= 15 is 0 Å². The lowest BCUT2D eigenvalue weighted by atomic mass is 9.71. The number of nitrogens with one attached hydrogen (secondary N) is 2. The Morgan fingerprint density at radius 2 is 1.24 bits per heavy atom. The molecule has 8 aromatic rings. The van der Waals surface area contributed by atoms with Gasteiger partial charge in [-0.25, -0.2) is 19.9 Å². The van der Waals surface area contributed by atoms with E-state index in [1.54, 1.807) is 35.1 Å². The summed E-state index contributed by atoms with van der Waals surface area (Å²) in [5, 5.41) is 19.5. The van der Waals surface area contributed by atoms with E-state index in [-0.39, 0.29) is 10.8 Å². The summed E-state index contributed by atoms with van der Waals surface area (Å²) in [7, 11) is 0. The lowest BCUT2D eigenvalue weighted by molar-refractivity contribution is 0.558. The van der Waals surface area contributed by atoms with Gasteiger partial charge in [-0.3, -0.25) is 10.2 Å².